The SMILES string of the molecule is Cc1ccc(S(=O)(=O)N[C@@H]2[C@@H](NCc3ccccc3)[C@@H]3OC[C@@H](O3)[C@H]2OCc2ccccc2)cc1. The number of nitrogens with one attached hydrogen (secondary N) is 2. The molecule has 2 N–H and O–H groups in total. The predicted molar refractivity (Wildman–Crippen MR) is 132 cm³/mol. The third kappa shape index (κ3) is 5.64. The largest absolute Gasteiger partial charge is 0.369 e. The highest BCUT2D eigenvalue weighted by atomic mass is 32.2. The summed E-state index contributed by atoms with van der Waals surface area (Å²) in [6.07, 6.45) is -1.49. The third-order valence-electron chi connectivity index (χ3n) is 6.43. The van der Waals surface area contributed by atoms with Crippen LogP contribution < -0.4 is 10.0 Å². The quantitative estimate of drug-likeness (QED) is 0.475. The minimum Gasteiger partial charge on any atom is -0.369 e. The average Bonchev–Trinajstić information content (AvgIpc) is 3.30. The second-order valence-corrected chi connectivity index (χ2v) is 10.7. The van der Waals surface area contributed by atoms with Crippen molar-refractivity contribution in [2.45, 2.75) is 55.6 Å². The van der Waals surface area contributed by atoms with Crippen LogP contribution in [0.25, 0.3) is 0 Å². The maximum absolute atomic E-state index is 13.4. The van der Waals surface area contributed by atoms with E-state index in [0.717, 1.165) is 16.7 Å². The molecule has 0 aromatic heterocycles. The molecule has 5 rings (SSSR count). The van der Waals surface area contributed by atoms with Gasteiger partial charge in [-0.15, -0.1) is 0 Å². The molecule has 2 aliphatic rings. The summed E-state index contributed by atoms with van der Waals surface area (Å²) >= 11 is 0. The van der Waals surface area contributed by atoms with Crippen LogP contribution in [0.5, 0.6) is 0 Å². The molecular formula is C27H30N2O5S. The molecule has 2 fully saturated rings. The summed E-state index contributed by atoms with van der Waals surface area (Å²) in [6.45, 7) is 3.14. The van der Waals surface area contributed by atoms with Gasteiger partial charge in [-0.2, -0.15) is 0 Å². The highest BCUT2D eigenvalue weighted by molar-refractivity contribution is 7.89. The molecule has 0 aliphatic carbocycles. The number of aryl methyl sites for hydroxylation is 1. The van der Waals surface area contributed by atoms with Gasteiger partial charge >= 0.3 is 0 Å². The van der Waals surface area contributed by atoms with Crippen LogP contribution in [0.2, 0.25) is 0 Å². The number of hydrogen-bond donors (Lipinski definition) is 2. The van der Waals surface area contributed by atoms with Gasteiger partial charge in [0.05, 0.1) is 30.2 Å². The molecule has 2 aliphatic heterocycles. The van der Waals surface area contributed by atoms with Crippen LogP contribution >= 0.6 is 0 Å². The molecule has 0 amide bonds. The maximum atomic E-state index is 13.4. The zero-order valence-corrected chi connectivity index (χ0v) is 20.4. The molecule has 0 radical (unpaired) electrons. The number of ether oxygens (including phenoxy) is 3. The van der Waals surface area contributed by atoms with Crippen LogP contribution in [0.4, 0.5) is 0 Å². The van der Waals surface area contributed by atoms with Crippen molar-refractivity contribution in [3.8, 4) is 0 Å². The molecule has 0 saturated carbocycles. The van der Waals surface area contributed by atoms with Crippen molar-refractivity contribution in [3.05, 3.63) is 102 Å². The van der Waals surface area contributed by atoms with E-state index in [0.29, 0.717) is 19.8 Å². The maximum Gasteiger partial charge on any atom is 0.240 e. The normalized spacial score (nSPS) is 26.0. The Hall–Kier alpha value is -2.59. The van der Waals surface area contributed by atoms with Crippen molar-refractivity contribution in [1.29, 1.82) is 0 Å². The van der Waals surface area contributed by atoms with E-state index in [4.69, 9.17) is 14.2 Å². The molecule has 0 unspecified atom stereocenters. The monoisotopic (exact) mass is 494 g/mol. The molecule has 5 atom stereocenters. The van der Waals surface area contributed by atoms with Gasteiger partial charge in [0.15, 0.2) is 6.29 Å². The van der Waals surface area contributed by atoms with E-state index in [-0.39, 0.29) is 11.0 Å². The van der Waals surface area contributed by atoms with E-state index >= 15 is 0 Å². The zero-order chi connectivity index (χ0) is 24.3. The summed E-state index contributed by atoms with van der Waals surface area (Å²) in [7, 11) is -3.81. The van der Waals surface area contributed by atoms with Crippen LogP contribution in [-0.4, -0.2) is 45.6 Å². The molecule has 0 spiro atoms. The standard InChI is InChI=1S/C27H30N2O5S/c1-19-12-14-22(15-13-19)35(30,31)29-24-25(28-16-20-8-4-2-5-9-20)27-33-18-23(34-27)26(24)32-17-21-10-6-3-7-11-21/h2-15,23-29H,16-18H2,1H3/t23-,24-,25-,26-,27-/m1/s1. The van der Waals surface area contributed by atoms with Gasteiger partial charge in [0.1, 0.15) is 12.2 Å². The summed E-state index contributed by atoms with van der Waals surface area (Å²) in [5.74, 6) is 0. The van der Waals surface area contributed by atoms with E-state index in [1.165, 1.54) is 0 Å². The second-order valence-electron chi connectivity index (χ2n) is 8.99. The summed E-state index contributed by atoms with van der Waals surface area (Å²) < 4.78 is 48.1. The van der Waals surface area contributed by atoms with Crippen molar-refractivity contribution < 1.29 is 22.6 Å². The molecule has 184 valence electrons. The Bertz CT molecular complexity index is 1150. The van der Waals surface area contributed by atoms with Gasteiger partial charge in [-0.1, -0.05) is 78.4 Å². The van der Waals surface area contributed by atoms with Gasteiger partial charge in [0.2, 0.25) is 10.0 Å². The van der Waals surface area contributed by atoms with Crippen LogP contribution in [-0.2, 0) is 37.4 Å². The number of rotatable bonds is 9. The molecular weight excluding hydrogens is 464 g/mol. The first-order chi connectivity index (χ1) is 17.0. The lowest BCUT2D eigenvalue weighted by atomic mass is 9.96. The van der Waals surface area contributed by atoms with E-state index < -0.39 is 34.5 Å². The Balaban J connectivity index is 1.42. The van der Waals surface area contributed by atoms with Gasteiger partial charge < -0.3 is 19.5 Å². The summed E-state index contributed by atoms with van der Waals surface area (Å²) in [4.78, 5) is 0.214. The van der Waals surface area contributed by atoms with Gasteiger partial charge in [0.25, 0.3) is 0 Å². The molecule has 2 bridgehead atoms. The number of hydrogen-bond acceptors (Lipinski definition) is 6. The van der Waals surface area contributed by atoms with Gasteiger partial charge in [0, 0.05) is 6.54 Å². The Morgan fingerprint density at radius 1 is 0.886 bits per heavy atom. The molecule has 7 nitrogen and oxygen atoms in total. The highest BCUT2D eigenvalue weighted by Crippen LogP contribution is 2.32. The van der Waals surface area contributed by atoms with Crippen LogP contribution in [0.3, 0.4) is 0 Å². The van der Waals surface area contributed by atoms with Gasteiger partial charge in [-0.3, -0.25) is 0 Å². The van der Waals surface area contributed by atoms with E-state index in [9.17, 15) is 8.42 Å². The third-order valence-corrected chi connectivity index (χ3v) is 7.90. The van der Waals surface area contributed by atoms with E-state index in [1.807, 2.05) is 67.6 Å². The summed E-state index contributed by atoms with van der Waals surface area (Å²) in [5.41, 5.74) is 3.07. The molecule has 8 heteroatoms. The molecule has 3 aromatic rings. The fraction of sp³-hybridized carbons (Fsp3) is 0.333. The van der Waals surface area contributed by atoms with Crippen LogP contribution in [0.1, 0.15) is 16.7 Å². The first-order valence-electron chi connectivity index (χ1n) is 11.8. The Morgan fingerprint density at radius 3 is 2.23 bits per heavy atom. The zero-order valence-electron chi connectivity index (χ0n) is 19.5. The molecule has 2 heterocycles. The molecule has 35 heavy (non-hydrogen) atoms. The minimum absolute atomic E-state index is 0.214. The topological polar surface area (TPSA) is 85.9 Å². The Kier molecular flexibility index (Phi) is 7.29. The lowest BCUT2D eigenvalue weighted by Gasteiger charge is -2.41. The number of benzene rings is 3. The Morgan fingerprint density at radius 2 is 1.54 bits per heavy atom. The van der Waals surface area contributed by atoms with Crippen molar-refractivity contribution in [2.75, 3.05) is 6.61 Å². The molecule has 3 aromatic carbocycles. The second kappa shape index (κ2) is 10.6. The fourth-order valence-corrected chi connectivity index (χ4v) is 5.81. The smallest absolute Gasteiger partial charge is 0.240 e. The van der Waals surface area contributed by atoms with E-state index in [1.54, 1.807) is 24.3 Å². The fourth-order valence-electron chi connectivity index (χ4n) is 4.54. The summed E-state index contributed by atoms with van der Waals surface area (Å²) in [5, 5.41) is 3.47. The van der Waals surface area contributed by atoms with Crippen molar-refractivity contribution in [2.24, 2.45) is 0 Å². The Labute approximate surface area is 206 Å². The lowest BCUT2D eigenvalue weighted by molar-refractivity contribution is -0.166. The van der Waals surface area contributed by atoms with Crippen molar-refractivity contribution in [1.82, 2.24) is 10.0 Å². The van der Waals surface area contributed by atoms with Crippen molar-refractivity contribution in [3.63, 3.8) is 0 Å². The molecule has 2 saturated heterocycles. The predicted octanol–water partition coefficient (Wildman–Crippen LogP) is 3.14. The summed E-state index contributed by atoms with van der Waals surface area (Å²) in [6, 6.07) is 25.5. The van der Waals surface area contributed by atoms with Gasteiger partial charge in [-0.25, -0.2) is 13.1 Å². The minimum atomic E-state index is -3.81. The lowest BCUT2D eigenvalue weighted by Crippen LogP contribution is -2.66. The first-order valence-corrected chi connectivity index (χ1v) is 13.3. The first kappa shape index (κ1) is 24.1. The van der Waals surface area contributed by atoms with Crippen LogP contribution in [0.15, 0.2) is 89.8 Å². The van der Waals surface area contributed by atoms with Crippen molar-refractivity contribution >= 4 is 10.0 Å². The highest BCUT2D eigenvalue weighted by Gasteiger charge is 2.52. The number of fused-ring (bicyclic) bond motifs is 2. The van der Waals surface area contributed by atoms with Crippen LogP contribution in [0, 0.1) is 6.92 Å². The van der Waals surface area contributed by atoms with E-state index in [2.05, 4.69) is 10.0 Å². The average molecular weight is 495 g/mol. The van der Waals surface area contributed by atoms with Gasteiger partial charge in [-0.05, 0) is 30.2 Å². The number of sulfonamides is 1.